The minimum atomic E-state index is 0.575. The van der Waals surface area contributed by atoms with Crippen molar-refractivity contribution in [2.75, 3.05) is 32.0 Å². The summed E-state index contributed by atoms with van der Waals surface area (Å²) < 4.78 is 5.74. The Kier molecular flexibility index (Phi) is 5.30. The minimum Gasteiger partial charge on any atom is -0.491 e. The van der Waals surface area contributed by atoms with Crippen molar-refractivity contribution in [3.05, 3.63) is 24.3 Å². The Labute approximate surface area is 123 Å². The second kappa shape index (κ2) is 6.98. The van der Waals surface area contributed by atoms with Gasteiger partial charge in [-0.25, -0.2) is 0 Å². The highest BCUT2D eigenvalue weighted by molar-refractivity contribution is 5.51. The van der Waals surface area contributed by atoms with Crippen LogP contribution in [-0.4, -0.2) is 31.1 Å². The van der Waals surface area contributed by atoms with Gasteiger partial charge in [-0.05, 0) is 49.9 Å². The zero-order chi connectivity index (χ0) is 14.4. The molecule has 1 aromatic carbocycles. The van der Waals surface area contributed by atoms with Gasteiger partial charge in [0.1, 0.15) is 5.75 Å². The van der Waals surface area contributed by atoms with Crippen LogP contribution in [0.4, 0.5) is 5.69 Å². The maximum atomic E-state index is 5.86. The number of nitrogens with two attached hydrogens (primary N) is 1. The van der Waals surface area contributed by atoms with Gasteiger partial charge in [-0.3, -0.25) is 0 Å². The van der Waals surface area contributed by atoms with Crippen LogP contribution in [0.15, 0.2) is 24.3 Å². The first-order chi connectivity index (χ1) is 9.63. The number of hydrogen-bond acceptors (Lipinski definition) is 3. The third-order valence-electron chi connectivity index (χ3n) is 4.71. The molecule has 20 heavy (non-hydrogen) atoms. The summed E-state index contributed by atoms with van der Waals surface area (Å²) in [5.41, 5.74) is 7.16. The van der Waals surface area contributed by atoms with Gasteiger partial charge < -0.3 is 15.4 Å². The predicted molar refractivity (Wildman–Crippen MR) is 85.0 cm³/mol. The number of rotatable bonds is 6. The van der Waals surface area contributed by atoms with Crippen molar-refractivity contribution < 1.29 is 4.74 Å². The zero-order valence-corrected chi connectivity index (χ0v) is 12.9. The van der Waals surface area contributed by atoms with Crippen LogP contribution in [0.1, 0.15) is 39.5 Å². The summed E-state index contributed by atoms with van der Waals surface area (Å²) in [6, 6.07) is 7.71. The van der Waals surface area contributed by atoms with E-state index in [0.29, 0.717) is 5.41 Å². The fourth-order valence-electron chi connectivity index (χ4n) is 2.75. The number of hydrogen-bond donors (Lipinski definition) is 1. The average Bonchev–Trinajstić information content (AvgIpc) is 2.47. The number of benzene rings is 1. The van der Waals surface area contributed by atoms with E-state index in [4.69, 9.17) is 10.5 Å². The Hall–Kier alpha value is -1.22. The maximum absolute atomic E-state index is 5.86. The van der Waals surface area contributed by atoms with E-state index in [-0.39, 0.29) is 0 Å². The first kappa shape index (κ1) is 15.2. The molecule has 1 saturated heterocycles. The van der Waals surface area contributed by atoms with Crippen molar-refractivity contribution in [2.24, 2.45) is 5.41 Å². The van der Waals surface area contributed by atoms with Crippen LogP contribution < -0.4 is 10.5 Å². The Balaban J connectivity index is 1.64. The number of nitrogens with zero attached hydrogens (tertiary/aromatic N) is 1. The summed E-state index contributed by atoms with van der Waals surface area (Å²) in [6.45, 7) is 9.08. The Morgan fingerprint density at radius 1 is 1.25 bits per heavy atom. The molecule has 1 aromatic rings. The van der Waals surface area contributed by atoms with Gasteiger partial charge in [0.15, 0.2) is 0 Å². The van der Waals surface area contributed by atoms with Crippen LogP contribution in [0.25, 0.3) is 0 Å². The fraction of sp³-hybridized carbons (Fsp3) is 0.647. The van der Waals surface area contributed by atoms with Crippen molar-refractivity contribution in [1.82, 2.24) is 4.90 Å². The van der Waals surface area contributed by atoms with Crippen LogP contribution in [0.3, 0.4) is 0 Å². The van der Waals surface area contributed by atoms with Gasteiger partial charge in [0.25, 0.3) is 0 Å². The topological polar surface area (TPSA) is 38.5 Å². The highest BCUT2D eigenvalue weighted by atomic mass is 16.5. The summed E-state index contributed by atoms with van der Waals surface area (Å²) in [7, 11) is 0. The van der Waals surface area contributed by atoms with Crippen molar-refractivity contribution in [1.29, 1.82) is 0 Å². The predicted octanol–water partition coefficient (Wildman–Crippen LogP) is 3.55. The van der Waals surface area contributed by atoms with E-state index < -0.39 is 0 Å². The third-order valence-corrected chi connectivity index (χ3v) is 4.71. The van der Waals surface area contributed by atoms with Crippen molar-refractivity contribution in [2.45, 2.75) is 39.5 Å². The van der Waals surface area contributed by atoms with Gasteiger partial charge in [-0.15, -0.1) is 0 Å². The molecule has 1 fully saturated rings. The minimum absolute atomic E-state index is 0.575. The maximum Gasteiger partial charge on any atom is 0.142 e. The molecule has 0 unspecified atom stereocenters. The summed E-state index contributed by atoms with van der Waals surface area (Å²) in [4.78, 5) is 2.56. The number of likely N-dealkylation sites (tertiary alicyclic amines) is 1. The van der Waals surface area contributed by atoms with Crippen LogP contribution in [-0.2, 0) is 0 Å². The molecular formula is C17H28N2O. The van der Waals surface area contributed by atoms with E-state index in [1.165, 1.54) is 32.4 Å². The molecule has 0 aromatic heterocycles. The molecule has 1 aliphatic heterocycles. The van der Waals surface area contributed by atoms with Gasteiger partial charge in [0, 0.05) is 6.54 Å². The summed E-state index contributed by atoms with van der Waals surface area (Å²) >= 11 is 0. The largest absolute Gasteiger partial charge is 0.491 e. The van der Waals surface area contributed by atoms with Gasteiger partial charge in [-0.2, -0.15) is 0 Å². The number of nitrogen functional groups attached to an aromatic ring is 1. The van der Waals surface area contributed by atoms with Gasteiger partial charge in [0.05, 0.1) is 12.3 Å². The highest BCUT2D eigenvalue weighted by Crippen LogP contribution is 2.33. The van der Waals surface area contributed by atoms with Crippen LogP contribution in [0.2, 0.25) is 0 Å². The molecule has 2 N–H and O–H groups in total. The normalized spacial score (nSPS) is 18.9. The van der Waals surface area contributed by atoms with E-state index in [1.807, 2.05) is 24.3 Å². The molecule has 0 amide bonds. The zero-order valence-electron chi connectivity index (χ0n) is 12.9. The van der Waals surface area contributed by atoms with Crippen molar-refractivity contribution in [3.63, 3.8) is 0 Å². The lowest BCUT2D eigenvalue weighted by atomic mass is 9.78. The molecule has 0 radical (unpaired) electrons. The molecule has 0 aliphatic carbocycles. The fourth-order valence-corrected chi connectivity index (χ4v) is 2.75. The lowest BCUT2D eigenvalue weighted by Crippen LogP contribution is -2.39. The molecule has 1 aliphatic rings. The summed E-state index contributed by atoms with van der Waals surface area (Å²) in [5, 5.41) is 0. The van der Waals surface area contributed by atoms with Gasteiger partial charge >= 0.3 is 0 Å². The first-order valence-electron chi connectivity index (χ1n) is 7.83. The molecule has 0 atom stereocenters. The standard InChI is InChI=1S/C17H28N2O/c1-3-17(2)9-12-19(13-10-17)11-6-14-20-16-8-5-4-7-15(16)18/h4-5,7-8H,3,6,9-14,18H2,1-2H3. The number of para-hydroxylation sites is 2. The van der Waals surface area contributed by atoms with Crippen molar-refractivity contribution >= 4 is 5.69 Å². The average molecular weight is 276 g/mol. The molecule has 2 rings (SSSR count). The Morgan fingerprint density at radius 2 is 1.95 bits per heavy atom. The van der Waals surface area contributed by atoms with Crippen LogP contribution in [0.5, 0.6) is 5.75 Å². The molecular weight excluding hydrogens is 248 g/mol. The van der Waals surface area contributed by atoms with E-state index in [2.05, 4.69) is 18.7 Å². The number of piperidine rings is 1. The second-order valence-corrected chi connectivity index (χ2v) is 6.25. The summed E-state index contributed by atoms with van der Waals surface area (Å²) in [6.07, 6.45) is 5.03. The van der Waals surface area contributed by atoms with E-state index >= 15 is 0 Å². The van der Waals surface area contributed by atoms with E-state index in [0.717, 1.165) is 31.0 Å². The third kappa shape index (κ3) is 4.14. The Bertz CT molecular complexity index is 411. The molecule has 112 valence electrons. The van der Waals surface area contributed by atoms with Gasteiger partial charge in [-0.1, -0.05) is 32.4 Å². The smallest absolute Gasteiger partial charge is 0.142 e. The first-order valence-corrected chi connectivity index (χ1v) is 7.83. The monoisotopic (exact) mass is 276 g/mol. The van der Waals surface area contributed by atoms with Crippen LogP contribution >= 0.6 is 0 Å². The van der Waals surface area contributed by atoms with E-state index in [9.17, 15) is 0 Å². The SMILES string of the molecule is CCC1(C)CCN(CCCOc2ccccc2N)CC1. The summed E-state index contributed by atoms with van der Waals surface area (Å²) in [5.74, 6) is 0.810. The van der Waals surface area contributed by atoms with Gasteiger partial charge in [0.2, 0.25) is 0 Å². The number of ether oxygens (including phenoxy) is 1. The molecule has 1 heterocycles. The molecule has 0 bridgehead atoms. The van der Waals surface area contributed by atoms with E-state index in [1.54, 1.807) is 0 Å². The van der Waals surface area contributed by atoms with Crippen molar-refractivity contribution in [3.8, 4) is 5.75 Å². The molecule has 3 nitrogen and oxygen atoms in total. The quantitative estimate of drug-likeness (QED) is 0.638. The van der Waals surface area contributed by atoms with Crippen LogP contribution in [0, 0.1) is 5.41 Å². The second-order valence-electron chi connectivity index (χ2n) is 6.25. The number of anilines is 1. The lowest BCUT2D eigenvalue weighted by Gasteiger charge is -2.38. The molecule has 3 heteroatoms. The Morgan fingerprint density at radius 3 is 2.60 bits per heavy atom. The molecule has 0 saturated carbocycles. The molecule has 0 spiro atoms. The lowest BCUT2D eigenvalue weighted by molar-refractivity contribution is 0.109. The highest BCUT2D eigenvalue weighted by Gasteiger charge is 2.27.